The molecule has 0 fully saturated rings. The van der Waals surface area contributed by atoms with Crippen molar-refractivity contribution in [2.24, 2.45) is 0 Å². The van der Waals surface area contributed by atoms with Crippen LogP contribution in [0.2, 0.25) is 0 Å². The molecule has 0 amide bonds. The number of aromatic nitrogens is 3. The number of ether oxygens (including phenoxy) is 1. The maximum atomic E-state index is 5.98. The molecule has 6 nitrogen and oxygen atoms in total. The molecular formula is C15H16N4O2S. The number of thioether (sulfide) groups is 1. The Kier molecular flexibility index (Phi) is 4.34. The standard InChI is InChI=1S/C15H16N4O2S/c1-11-5-2-3-6-12(11)21-9-10-22-15-18-17-14(19(15)16)13-7-4-8-20-13/h2-8H,9-10,16H2,1H3. The predicted octanol–water partition coefficient (Wildman–Crippen LogP) is 2.73. The highest BCUT2D eigenvalue weighted by atomic mass is 32.2. The quantitative estimate of drug-likeness (QED) is 0.428. The van der Waals surface area contributed by atoms with E-state index in [4.69, 9.17) is 15.0 Å². The minimum atomic E-state index is 0.507. The first-order valence-corrected chi connectivity index (χ1v) is 7.80. The van der Waals surface area contributed by atoms with Gasteiger partial charge in [0.05, 0.1) is 12.9 Å². The molecule has 0 aliphatic rings. The Labute approximate surface area is 132 Å². The Balaban J connectivity index is 1.55. The summed E-state index contributed by atoms with van der Waals surface area (Å²) in [7, 11) is 0. The van der Waals surface area contributed by atoms with Crippen molar-refractivity contribution in [2.45, 2.75) is 12.1 Å². The number of nitrogen functional groups attached to an aromatic ring is 1. The lowest BCUT2D eigenvalue weighted by atomic mass is 10.2. The molecule has 0 unspecified atom stereocenters. The Morgan fingerprint density at radius 3 is 2.86 bits per heavy atom. The summed E-state index contributed by atoms with van der Waals surface area (Å²) in [6.07, 6.45) is 1.58. The number of rotatable bonds is 6. The van der Waals surface area contributed by atoms with E-state index in [1.54, 1.807) is 18.4 Å². The maximum Gasteiger partial charge on any atom is 0.218 e. The van der Waals surface area contributed by atoms with Gasteiger partial charge in [-0.05, 0) is 30.7 Å². The summed E-state index contributed by atoms with van der Waals surface area (Å²) >= 11 is 1.49. The molecule has 0 aliphatic carbocycles. The van der Waals surface area contributed by atoms with Gasteiger partial charge in [-0.1, -0.05) is 30.0 Å². The zero-order chi connectivity index (χ0) is 15.4. The first-order chi connectivity index (χ1) is 10.8. The third-order valence-electron chi connectivity index (χ3n) is 3.07. The van der Waals surface area contributed by atoms with Crippen molar-refractivity contribution in [3.05, 3.63) is 48.2 Å². The van der Waals surface area contributed by atoms with E-state index in [9.17, 15) is 0 Å². The van der Waals surface area contributed by atoms with Gasteiger partial charge in [-0.15, -0.1) is 10.2 Å². The third-order valence-corrected chi connectivity index (χ3v) is 3.98. The SMILES string of the molecule is Cc1ccccc1OCCSc1nnc(-c2ccco2)n1N. The smallest absolute Gasteiger partial charge is 0.218 e. The normalized spacial score (nSPS) is 10.8. The van der Waals surface area contributed by atoms with Gasteiger partial charge in [-0.25, -0.2) is 4.68 Å². The highest BCUT2D eigenvalue weighted by Gasteiger charge is 2.13. The first kappa shape index (κ1) is 14.5. The van der Waals surface area contributed by atoms with Crippen LogP contribution in [0.15, 0.2) is 52.2 Å². The van der Waals surface area contributed by atoms with Crippen molar-refractivity contribution in [3.63, 3.8) is 0 Å². The fourth-order valence-electron chi connectivity index (χ4n) is 1.95. The first-order valence-electron chi connectivity index (χ1n) is 6.81. The number of nitrogens with two attached hydrogens (primary N) is 1. The second-order valence-corrected chi connectivity index (χ2v) is 5.68. The maximum absolute atomic E-state index is 5.98. The molecule has 2 N–H and O–H groups in total. The summed E-state index contributed by atoms with van der Waals surface area (Å²) in [6.45, 7) is 2.59. The Morgan fingerprint density at radius 2 is 2.09 bits per heavy atom. The van der Waals surface area contributed by atoms with E-state index in [-0.39, 0.29) is 0 Å². The molecule has 0 radical (unpaired) electrons. The van der Waals surface area contributed by atoms with Crippen LogP contribution in [-0.2, 0) is 0 Å². The number of aryl methyl sites for hydroxylation is 1. The molecule has 1 aromatic carbocycles. The van der Waals surface area contributed by atoms with Crippen LogP contribution >= 0.6 is 11.8 Å². The zero-order valence-corrected chi connectivity index (χ0v) is 12.9. The molecule has 0 bridgehead atoms. The second kappa shape index (κ2) is 6.57. The molecule has 0 atom stereocenters. The van der Waals surface area contributed by atoms with Gasteiger partial charge in [0.2, 0.25) is 11.0 Å². The van der Waals surface area contributed by atoms with Crippen molar-refractivity contribution in [1.29, 1.82) is 0 Å². The average molecular weight is 316 g/mol. The monoisotopic (exact) mass is 316 g/mol. The topological polar surface area (TPSA) is 79.1 Å². The van der Waals surface area contributed by atoms with E-state index in [2.05, 4.69) is 10.2 Å². The number of benzene rings is 1. The summed E-state index contributed by atoms with van der Waals surface area (Å²) in [5.74, 6) is 8.71. The minimum Gasteiger partial charge on any atom is -0.492 e. The lowest BCUT2D eigenvalue weighted by Gasteiger charge is -2.08. The number of furan rings is 1. The Bertz CT molecular complexity index is 740. The molecule has 3 aromatic rings. The molecule has 0 aliphatic heterocycles. The molecule has 2 heterocycles. The van der Waals surface area contributed by atoms with Gasteiger partial charge in [-0.3, -0.25) is 0 Å². The van der Waals surface area contributed by atoms with E-state index in [1.165, 1.54) is 16.4 Å². The van der Waals surface area contributed by atoms with Gasteiger partial charge in [-0.2, -0.15) is 0 Å². The van der Waals surface area contributed by atoms with Crippen molar-refractivity contribution >= 4 is 11.8 Å². The highest BCUT2D eigenvalue weighted by Crippen LogP contribution is 2.22. The largest absolute Gasteiger partial charge is 0.492 e. The van der Waals surface area contributed by atoms with Gasteiger partial charge in [0.1, 0.15) is 5.75 Å². The van der Waals surface area contributed by atoms with Crippen LogP contribution in [0.4, 0.5) is 0 Å². The molecular weight excluding hydrogens is 300 g/mol. The van der Waals surface area contributed by atoms with Crippen LogP contribution in [0, 0.1) is 6.92 Å². The molecule has 0 spiro atoms. The molecule has 0 saturated carbocycles. The number of hydrogen-bond donors (Lipinski definition) is 1. The van der Waals surface area contributed by atoms with Crippen LogP contribution in [0.25, 0.3) is 11.6 Å². The van der Waals surface area contributed by atoms with Crippen molar-refractivity contribution in [1.82, 2.24) is 14.9 Å². The average Bonchev–Trinajstić information content (AvgIpc) is 3.15. The number of para-hydroxylation sites is 1. The summed E-state index contributed by atoms with van der Waals surface area (Å²) in [4.78, 5) is 0. The molecule has 114 valence electrons. The summed E-state index contributed by atoms with van der Waals surface area (Å²) in [6, 6.07) is 11.5. The number of hydrogen-bond acceptors (Lipinski definition) is 6. The fourth-order valence-corrected chi connectivity index (χ4v) is 2.63. The van der Waals surface area contributed by atoms with E-state index in [0.717, 1.165) is 17.1 Å². The fraction of sp³-hybridized carbons (Fsp3) is 0.200. The Morgan fingerprint density at radius 1 is 1.23 bits per heavy atom. The van der Waals surface area contributed by atoms with Crippen molar-refractivity contribution in [2.75, 3.05) is 18.2 Å². The lowest BCUT2D eigenvalue weighted by molar-refractivity contribution is 0.341. The van der Waals surface area contributed by atoms with Crippen LogP contribution in [0.3, 0.4) is 0 Å². The molecule has 22 heavy (non-hydrogen) atoms. The van der Waals surface area contributed by atoms with Crippen molar-refractivity contribution in [3.8, 4) is 17.3 Å². The van der Waals surface area contributed by atoms with Gasteiger partial charge >= 0.3 is 0 Å². The second-order valence-electron chi connectivity index (χ2n) is 4.62. The molecule has 3 rings (SSSR count). The van der Waals surface area contributed by atoms with Gasteiger partial charge in [0.15, 0.2) is 5.76 Å². The summed E-state index contributed by atoms with van der Waals surface area (Å²) in [5, 5.41) is 8.74. The van der Waals surface area contributed by atoms with E-state index < -0.39 is 0 Å². The van der Waals surface area contributed by atoms with Gasteiger partial charge < -0.3 is 15.0 Å². The van der Waals surface area contributed by atoms with Gasteiger partial charge in [0.25, 0.3) is 0 Å². The van der Waals surface area contributed by atoms with Crippen LogP contribution in [-0.4, -0.2) is 27.2 Å². The molecule has 2 aromatic heterocycles. The molecule has 0 saturated heterocycles. The molecule has 7 heteroatoms. The van der Waals surface area contributed by atoms with Crippen LogP contribution < -0.4 is 10.6 Å². The summed E-state index contributed by atoms with van der Waals surface area (Å²) in [5.41, 5.74) is 1.12. The van der Waals surface area contributed by atoms with Crippen LogP contribution in [0.5, 0.6) is 5.75 Å². The third kappa shape index (κ3) is 3.09. The van der Waals surface area contributed by atoms with E-state index in [1.807, 2.05) is 31.2 Å². The van der Waals surface area contributed by atoms with E-state index in [0.29, 0.717) is 23.3 Å². The minimum absolute atomic E-state index is 0.507. The highest BCUT2D eigenvalue weighted by molar-refractivity contribution is 7.99. The zero-order valence-electron chi connectivity index (χ0n) is 12.1. The number of nitrogens with zero attached hydrogens (tertiary/aromatic N) is 3. The summed E-state index contributed by atoms with van der Waals surface area (Å²) < 4.78 is 12.4. The predicted molar refractivity (Wildman–Crippen MR) is 85.3 cm³/mol. The van der Waals surface area contributed by atoms with Crippen molar-refractivity contribution < 1.29 is 9.15 Å². The Hall–Kier alpha value is -2.41. The van der Waals surface area contributed by atoms with E-state index >= 15 is 0 Å². The van der Waals surface area contributed by atoms with Crippen LogP contribution in [0.1, 0.15) is 5.56 Å². The van der Waals surface area contributed by atoms with Gasteiger partial charge in [0, 0.05) is 5.75 Å². The lowest BCUT2D eigenvalue weighted by Crippen LogP contribution is -2.12.